The molecule has 1 atom stereocenters. The van der Waals surface area contributed by atoms with E-state index >= 15 is 0 Å². The maximum Gasteiger partial charge on any atom is 0.00998 e. The largest absolute Gasteiger partial charge is 0.327 e. The van der Waals surface area contributed by atoms with Crippen molar-refractivity contribution >= 4 is 0 Å². The lowest BCUT2D eigenvalue weighted by atomic mass is 9.85. The molecule has 2 heteroatoms. The number of nitrogens with two attached hydrogens (primary N) is 1. The highest BCUT2D eigenvalue weighted by Gasteiger charge is 2.20. The van der Waals surface area contributed by atoms with Gasteiger partial charge in [0.05, 0.1) is 0 Å². The van der Waals surface area contributed by atoms with Gasteiger partial charge in [0, 0.05) is 6.04 Å². The van der Waals surface area contributed by atoms with Crippen molar-refractivity contribution in [2.45, 2.75) is 59.4 Å². The Morgan fingerprint density at radius 1 is 1.13 bits per heavy atom. The molecule has 0 aromatic heterocycles. The number of hydrogen-bond acceptors (Lipinski definition) is 2. The van der Waals surface area contributed by atoms with Crippen LogP contribution < -0.4 is 5.73 Å². The smallest absolute Gasteiger partial charge is 0.00998 e. The summed E-state index contributed by atoms with van der Waals surface area (Å²) in [5, 5.41) is 0. The Balaban J connectivity index is 3.57. The fourth-order valence-corrected chi connectivity index (χ4v) is 1.54. The molecule has 0 saturated heterocycles. The fourth-order valence-electron chi connectivity index (χ4n) is 1.54. The Bertz CT molecular complexity index is 149. The molecular weight excluding hydrogens is 184 g/mol. The molecule has 0 saturated carbocycles. The van der Waals surface area contributed by atoms with Crippen molar-refractivity contribution in [3.63, 3.8) is 0 Å². The molecule has 0 aromatic carbocycles. The molecule has 15 heavy (non-hydrogen) atoms. The van der Waals surface area contributed by atoms with Crippen LogP contribution in [0.5, 0.6) is 0 Å². The average Bonchev–Trinajstić information content (AvgIpc) is 2.13. The predicted octanol–water partition coefficient (Wildman–Crippen LogP) is 2.87. The number of unbranched alkanes of at least 4 members (excludes halogenated alkanes) is 2. The molecule has 92 valence electrons. The van der Waals surface area contributed by atoms with Gasteiger partial charge in [0.1, 0.15) is 0 Å². The molecule has 0 radical (unpaired) electrons. The molecule has 0 aromatic rings. The van der Waals surface area contributed by atoms with Gasteiger partial charge in [-0.2, -0.15) is 0 Å². The van der Waals surface area contributed by atoms with Gasteiger partial charge in [-0.05, 0) is 38.4 Å². The van der Waals surface area contributed by atoms with Gasteiger partial charge in [-0.1, -0.05) is 40.5 Å². The third-order valence-electron chi connectivity index (χ3n) is 3.08. The van der Waals surface area contributed by atoms with Crippen molar-refractivity contribution in [3.05, 3.63) is 0 Å². The van der Waals surface area contributed by atoms with Crippen molar-refractivity contribution < 1.29 is 0 Å². The van der Waals surface area contributed by atoms with Crippen LogP contribution in [-0.2, 0) is 0 Å². The summed E-state index contributed by atoms with van der Waals surface area (Å²) >= 11 is 0. The van der Waals surface area contributed by atoms with Crippen LogP contribution in [0.2, 0.25) is 0 Å². The lowest BCUT2D eigenvalue weighted by molar-refractivity contribution is 0.253. The van der Waals surface area contributed by atoms with Crippen molar-refractivity contribution in [2.24, 2.45) is 11.1 Å². The SMILES string of the molecule is CCCCCN(C)CCC(N)C(C)(C)C. The maximum atomic E-state index is 6.13. The van der Waals surface area contributed by atoms with E-state index in [1.165, 1.54) is 25.8 Å². The molecule has 0 heterocycles. The first-order valence-corrected chi connectivity index (χ1v) is 6.32. The third kappa shape index (κ3) is 7.80. The summed E-state index contributed by atoms with van der Waals surface area (Å²) in [7, 11) is 2.20. The quantitative estimate of drug-likeness (QED) is 0.660. The van der Waals surface area contributed by atoms with E-state index in [2.05, 4.69) is 39.6 Å². The summed E-state index contributed by atoms with van der Waals surface area (Å²) in [4.78, 5) is 2.40. The standard InChI is InChI=1S/C13H30N2/c1-6-7-8-10-15(5)11-9-12(14)13(2,3)4/h12H,6-11,14H2,1-5H3. The molecule has 0 amide bonds. The van der Waals surface area contributed by atoms with Crippen molar-refractivity contribution in [2.75, 3.05) is 20.1 Å². The average molecular weight is 214 g/mol. The summed E-state index contributed by atoms with van der Waals surface area (Å²) in [5.74, 6) is 0. The van der Waals surface area contributed by atoms with E-state index in [0.717, 1.165) is 13.0 Å². The van der Waals surface area contributed by atoms with Crippen LogP contribution in [0.15, 0.2) is 0 Å². The van der Waals surface area contributed by atoms with E-state index in [4.69, 9.17) is 5.73 Å². The first-order chi connectivity index (χ1) is 6.88. The van der Waals surface area contributed by atoms with Crippen molar-refractivity contribution in [3.8, 4) is 0 Å². The lowest BCUT2D eigenvalue weighted by Gasteiger charge is -2.28. The van der Waals surface area contributed by atoms with E-state index in [0.29, 0.717) is 6.04 Å². The van der Waals surface area contributed by atoms with Crippen LogP contribution in [0.4, 0.5) is 0 Å². The normalized spacial score (nSPS) is 14.6. The van der Waals surface area contributed by atoms with Crippen molar-refractivity contribution in [1.82, 2.24) is 4.90 Å². The summed E-state index contributed by atoms with van der Waals surface area (Å²) in [6, 6.07) is 0.311. The number of rotatable bonds is 7. The van der Waals surface area contributed by atoms with Gasteiger partial charge in [-0.3, -0.25) is 0 Å². The topological polar surface area (TPSA) is 29.3 Å². The molecule has 0 aliphatic carbocycles. The molecule has 0 rings (SSSR count). The van der Waals surface area contributed by atoms with Gasteiger partial charge in [-0.15, -0.1) is 0 Å². The van der Waals surface area contributed by atoms with Gasteiger partial charge < -0.3 is 10.6 Å². The van der Waals surface area contributed by atoms with E-state index < -0.39 is 0 Å². The Morgan fingerprint density at radius 2 is 1.73 bits per heavy atom. The molecule has 0 aliphatic rings. The second-order valence-corrected chi connectivity index (χ2v) is 5.77. The second-order valence-electron chi connectivity index (χ2n) is 5.77. The fraction of sp³-hybridized carbons (Fsp3) is 1.00. The van der Waals surface area contributed by atoms with E-state index in [1.54, 1.807) is 0 Å². The molecule has 0 bridgehead atoms. The number of hydrogen-bond donors (Lipinski definition) is 1. The van der Waals surface area contributed by atoms with Gasteiger partial charge in [0.15, 0.2) is 0 Å². The monoisotopic (exact) mass is 214 g/mol. The minimum Gasteiger partial charge on any atom is -0.327 e. The van der Waals surface area contributed by atoms with Crippen molar-refractivity contribution in [1.29, 1.82) is 0 Å². The zero-order chi connectivity index (χ0) is 11.9. The molecule has 2 nitrogen and oxygen atoms in total. The van der Waals surface area contributed by atoms with Crippen LogP contribution in [0.3, 0.4) is 0 Å². The third-order valence-corrected chi connectivity index (χ3v) is 3.08. The molecule has 0 aliphatic heterocycles. The Labute approximate surface area is 96.2 Å². The first-order valence-electron chi connectivity index (χ1n) is 6.32. The van der Waals surface area contributed by atoms with Gasteiger partial charge in [0.25, 0.3) is 0 Å². The highest BCUT2D eigenvalue weighted by Crippen LogP contribution is 2.19. The van der Waals surface area contributed by atoms with Crippen LogP contribution in [-0.4, -0.2) is 31.1 Å². The van der Waals surface area contributed by atoms with Gasteiger partial charge >= 0.3 is 0 Å². The molecular formula is C13H30N2. The summed E-state index contributed by atoms with van der Waals surface area (Å²) in [6.45, 7) is 11.2. The van der Waals surface area contributed by atoms with Crippen LogP contribution >= 0.6 is 0 Å². The molecule has 0 fully saturated rings. The lowest BCUT2D eigenvalue weighted by Crippen LogP contribution is -2.38. The van der Waals surface area contributed by atoms with Crippen LogP contribution in [0.25, 0.3) is 0 Å². The zero-order valence-electron chi connectivity index (χ0n) is 11.3. The Morgan fingerprint density at radius 3 is 2.20 bits per heavy atom. The van der Waals surface area contributed by atoms with Gasteiger partial charge in [0.2, 0.25) is 0 Å². The summed E-state index contributed by atoms with van der Waals surface area (Å²) < 4.78 is 0. The first kappa shape index (κ1) is 14.9. The van der Waals surface area contributed by atoms with Gasteiger partial charge in [-0.25, -0.2) is 0 Å². The number of nitrogens with zero attached hydrogens (tertiary/aromatic N) is 1. The van der Waals surface area contributed by atoms with E-state index in [9.17, 15) is 0 Å². The molecule has 2 N–H and O–H groups in total. The summed E-state index contributed by atoms with van der Waals surface area (Å²) in [5.41, 5.74) is 6.37. The van der Waals surface area contributed by atoms with Crippen LogP contribution in [0, 0.1) is 5.41 Å². The van der Waals surface area contributed by atoms with E-state index in [-0.39, 0.29) is 5.41 Å². The zero-order valence-corrected chi connectivity index (χ0v) is 11.3. The van der Waals surface area contributed by atoms with Crippen LogP contribution in [0.1, 0.15) is 53.4 Å². The highest BCUT2D eigenvalue weighted by molar-refractivity contribution is 4.77. The van der Waals surface area contributed by atoms with E-state index in [1.807, 2.05) is 0 Å². The Kier molecular flexibility index (Phi) is 7.20. The minimum absolute atomic E-state index is 0.240. The molecule has 1 unspecified atom stereocenters. The Hall–Kier alpha value is -0.0800. The maximum absolute atomic E-state index is 6.13. The predicted molar refractivity (Wildman–Crippen MR) is 69.1 cm³/mol. The second kappa shape index (κ2) is 7.24. The highest BCUT2D eigenvalue weighted by atomic mass is 15.1. The molecule has 0 spiro atoms. The minimum atomic E-state index is 0.240. The summed E-state index contributed by atoms with van der Waals surface area (Å²) in [6.07, 6.45) is 5.06.